The molecule has 1 atom stereocenters. The molecule has 0 saturated carbocycles. The Kier molecular flexibility index (Phi) is 2.60. The minimum atomic E-state index is 0.223. The second-order valence-electron chi connectivity index (χ2n) is 4.29. The first-order chi connectivity index (χ1) is 6.74. The third-order valence-corrected chi connectivity index (χ3v) is 3.45. The molecule has 1 aromatic carbocycles. The molecule has 0 unspecified atom stereocenters. The van der Waals surface area contributed by atoms with Crippen molar-refractivity contribution in [2.75, 3.05) is 0 Å². The second kappa shape index (κ2) is 3.74. The Bertz CT molecular complexity index is 341. The molecule has 0 bridgehead atoms. The average Bonchev–Trinajstić information content (AvgIpc) is 2.66. The Hall–Kier alpha value is -0.820. The van der Waals surface area contributed by atoms with Crippen LogP contribution >= 0.6 is 0 Å². The summed E-state index contributed by atoms with van der Waals surface area (Å²) >= 11 is 0. The van der Waals surface area contributed by atoms with Gasteiger partial charge in [-0.1, -0.05) is 19.1 Å². The van der Waals surface area contributed by atoms with Gasteiger partial charge in [-0.05, 0) is 54.9 Å². The van der Waals surface area contributed by atoms with Gasteiger partial charge in [0.2, 0.25) is 0 Å². The number of fused-ring (bicyclic) bond motifs is 1. The van der Waals surface area contributed by atoms with Gasteiger partial charge in [-0.25, -0.2) is 0 Å². The fraction of sp³-hybridized carbons (Fsp3) is 0.538. The van der Waals surface area contributed by atoms with Crippen molar-refractivity contribution in [3.63, 3.8) is 0 Å². The van der Waals surface area contributed by atoms with Gasteiger partial charge in [-0.2, -0.15) is 0 Å². The van der Waals surface area contributed by atoms with Gasteiger partial charge in [0.15, 0.2) is 0 Å². The number of benzene rings is 1. The van der Waals surface area contributed by atoms with Crippen molar-refractivity contribution in [3.8, 4) is 0 Å². The molecule has 0 aromatic heterocycles. The molecule has 14 heavy (non-hydrogen) atoms. The zero-order chi connectivity index (χ0) is 10.1. The highest BCUT2D eigenvalue weighted by molar-refractivity contribution is 5.44. The molecule has 0 radical (unpaired) electrons. The van der Waals surface area contributed by atoms with Gasteiger partial charge in [-0.3, -0.25) is 0 Å². The molecule has 0 saturated heterocycles. The summed E-state index contributed by atoms with van der Waals surface area (Å²) in [6, 6.07) is 4.73. The Morgan fingerprint density at radius 3 is 2.86 bits per heavy atom. The van der Waals surface area contributed by atoms with Crippen molar-refractivity contribution < 1.29 is 0 Å². The summed E-state index contributed by atoms with van der Waals surface area (Å²) in [4.78, 5) is 0. The first kappa shape index (κ1) is 9.72. The largest absolute Gasteiger partial charge is 0.324 e. The van der Waals surface area contributed by atoms with Crippen molar-refractivity contribution in [3.05, 3.63) is 34.4 Å². The molecule has 2 rings (SSSR count). The number of aryl methyl sites for hydroxylation is 1. The number of hydrogen-bond acceptors (Lipinski definition) is 1. The average molecular weight is 189 g/mol. The van der Waals surface area contributed by atoms with Crippen molar-refractivity contribution in [2.24, 2.45) is 5.73 Å². The summed E-state index contributed by atoms with van der Waals surface area (Å²) < 4.78 is 0. The fourth-order valence-corrected chi connectivity index (χ4v) is 2.49. The van der Waals surface area contributed by atoms with E-state index in [1.165, 1.54) is 30.4 Å². The quantitative estimate of drug-likeness (QED) is 0.760. The van der Waals surface area contributed by atoms with E-state index >= 15 is 0 Å². The summed E-state index contributed by atoms with van der Waals surface area (Å²) in [6.07, 6.45) is 4.86. The Labute approximate surface area is 86.3 Å². The molecule has 0 amide bonds. The topological polar surface area (TPSA) is 26.0 Å². The monoisotopic (exact) mass is 189 g/mol. The van der Waals surface area contributed by atoms with Crippen molar-refractivity contribution in [2.45, 2.75) is 45.6 Å². The van der Waals surface area contributed by atoms with E-state index in [0.29, 0.717) is 0 Å². The van der Waals surface area contributed by atoms with Crippen LogP contribution in [-0.2, 0) is 12.8 Å². The molecule has 1 aromatic rings. The molecule has 1 aliphatic rings. The maximum absolute atomic E-state index is 6.09. The maximum atomic E-state index is 6.09. The van der Waals surface area contributed by atoms with E-state index in [-0.39, 0.29) is 6.04 Å². The van der Waals surface area contributed by atoms with Crippen LogP contribution in [0, 0.1) is 6.92 Å². The van der Waals surface area contributed by atoms with Crippen LogP contribution in [0.1, 0.15) is 48.1 Å². The number of hydrogen-bond donors (Lipinski definition) is 1. The Morgan fingerprint density at radius 1 is 1.36 bits per heavy atom. The van der Waals surface area contributed by atoms with Crippen LogP contribution in [0.3, 0.4) is 0 Å². The lowest BCUT2D eigenvalue weighted by Crippen LogP contribution is -2.11. The van der Waals surface area contributed by atoms with Crippen LogP contribution in [-0.4, -0.2) is 0 Å². The normalized spacial score (nSPS) is 16.8. The van der Waals surface area contributed by atoms with Crippen LogP contribution in [0.5, 0.6) is 0 Å². The zero-order valence-electron chi connectivity index (χ0n) is 9.14. The molecule has 1 nitrogen and oxygen atoms in total. The van der Waals surface area contributed by atoms with E-state index in [9.17, 15) is 0 Å². The molecule has 1 heteroatoms. The highest BCUT2D eigenvalue weighted by atomic mass is 14.6. The summed E-state index contributed by atoms with van der Waals surface area (Å²) in [5.74, 6) is 0. The lowest BCUT2D eigenvalue weighted by atomic mass is 9.94. The molecule has 0 aliphatic heterocycles. The maximum Gasteiger partial charge on any atom is 0.0294 e. The van der Waals surface area contributed by atoms with E-state index in [1.54, 1.807) is 11.1 Å². The van der Waals surface area contributed by atoms with Gasteiger partial charge in [0, 0.05) is 6.04 Å². The molecular formula is C13H19N. The first-order valence-corrected chi connectivity index (χ1v) is 5.61. The fourth-order valence-electron chi connectivity index (χ4n) is 2.49. The van der Waals surface area contributed by atoms with Crippen molar-refractivity contribution in [1.82, 2.24) is 0 Å². The van der Waals surface area contributed by atoms with Crippen molar-refractivity contribution >= 4 is 0 Å². The third-order valence-electron chi connectivity index (χ3n) is 3.45. The first-order valence-electron chi connectivity index (χ1n) is 5.61. The van der Waals surface area contributed by atoms with Gasteiger partial charge >= 0.3 is 0 Å². The summed E-state index contributed by atoms with van der Waals surface area (Å²) in [5.41, 5.74) is 12.0. The summed E-state index contributed by atoms with van der Waals surface area (Å²) in [5, 5.41) is 0. The standard InChI is InChI=1S/C13H19N/c1-3-13(14)12-8-7-10-5-4-6-11(10)9(12)2/h7-8,13H,3-6,14H2,1-2H3/t13-/m1/s1. The Morgan fingerprint density at radius 2 is 2.14 bits per heavy atom. The van der Waals surface area contributed by atoms with Gasteiger partial charge < -0.3 is 5.73 Å². The summed E-state index contributed by atoms with van der Waals surface area (Å²) in [6.45, 7) is 4.38. The minimum Gasteiger partial charge on any atom is -0.324 e. The predicted molar refractivity (Wildman–Crippen MR) is 60.4 cm³/mol. The van der Waals surface area contributed by atoms with E-state index in [0.717, 1.165) is 6.42 Å². The van der Waals surface area contributed by atoms with Gasteiger partial charge in [0.1, 0.15) is 0 Å². The van der Waals surface area contributed by atoms with E-state index in [4.69, 9.17) is 5.73 Å². The smallest absolute Gasteiger partial charge is 0.0294 e. The lowest BCUT2D eigenvalue weighted by Gasteiger charge is -2.15. The number of nitrogens with two attached hydrogens (primary N) is 1. The van der Waals surface area contributed by atoms with Gasteiger partial charge in [0.25, 0.3) is 0 Å². The molecule has 2 N–H and O–H groups in total. The SMILES string of the molecule is CC[C@@H](N)c1ccc2c(c1C)CCC2. The molecule has 0 heterocycles. The van der Waals surface area contributed by atoms with E-state index < -0.39 is 0 Å². The third kappa shape index (κ3) is 1.46. The molecule has 0 spiro atoms. The Balaban J connectivity index is 2.44. The number of rotatable bonds is 2. The zero-order valence-corrected chi connectivity index (χ0v) is 9.14. The molecular weight excluding hydrogens is 170 g/mol. The molecule has 0 fully saturated rings. The van der Waals surface area contributed by atoms with E-state index in [2.05, 4.69) is 26.0 Å². The lowest BCUT2D eigenvalue weighted by molar-refractivity contribution is 0.692. The molecule has 76 valence electrons. The van der Waals surface area contributed by atoms with Crippen molar-refractivity contribution in [1.29, 1.82) is 0 Å². The van der Waals surface area contributed by atoms with E-state index in [1.807, 2.05) is 0 Å². The predicted octanol–water partition coefficient (Wildman–Crippen LogP) is 2.89. The second-order valence-corrected chi connectivity index (χ2v) is 4.29. The summed E-state index contributed by atoms with van der Waals surface area (Å²) in [7, 11) is 0. The minimum absolute atomic E-state index is 0.223. The highest BCUT2D eigenvalue weighted by Crippen LogP contribution is 2.30. The highest BCUT2D eigenvalue weighted by Gasteiger charge is 2.16. The van der Waals surface area contributed by atoms with Crippen LogP contribution in [0.15, 0.2) is 12.1 Å². The van der Waals surface area contributed by atoms with Crippen LogP contribution in [0.2, 0.25) is 0 Å². The molecule has 1 aliphatic carbocycles. The van der Waals surface area contributed by atoms with Crippen LogP contribution in [0.25, 0.3) is 0 Å². The van der Waals surface area contributed by atoms with Gasteiger partial charge in [0.05, 0.1) is 0 Å². The van der Waals surface area contributed by atoms with Gasteiger partial charge in [-0.15, -0.1) is 0 Å². The van der Waals surface area contributed by atoms with Crippen LogP contribution in [0.4, 0.5) is 0 Å². The van der Waals surface area contributed by atoms with Crippen LogP contribution < -0.4 is 5.73 Å².